The van der Waals surface area contributed by atoms with Crippen LogP contribution in [0.3, 0.4) is 0 Å². The maximum absolute atomic E-state index is 10.3. The lowest BCUT2D eigenvalue weighted by Crippen LogP contribution is -1.98. The van der Waals surface area contributed by atoms with Gasteiger partial charge < -0.3 is 5.11 Å². The summed E-state index contributed by atoms with van der Waals surface area (Å²) in [6.45, 7) is 0. The molecule has 0 saturated carbocycles. The van der Waals surface area contributed by atoms with Gasteiger partial charge in [-0.25, -0.2) is 0 Å². The first-order valence-electron chi connectivity index (χ1n) is 5.86. The number of fused-ring (bicyclic) bond motifs is 1. The molecule has 3 rings (SSSR count). The van der Waals surface area contributed by atoms with Gasteiger partial charge in [0, 0.05) is 29.2 Å². The zero-order valence-corrected chi connectivity index (χ0v) is 10.9. The third kappa shape index (κ3) is 2.17. The smallest absolute Gasteiger partial charge is 0.0923 e. The van der Waals surface area contributed by atoms with Crippen molar-refractivity contribution >= 4 is 21.4 Å². The van der Waals surface area contributed by atoms with Crippen LogP contribution in [0.4, 0.5) is 0 Å². The quantitative estimate of drug-likeness (QED) is 0.784. The molecule has 1 N–H and O–H groups in total. The minimum Gasteiger partial charge on any atom is -0.387 e. The first-order chi connectivity index (χ1) is 8.72. The van der Waals surface area contributed by atoms with Gasteiger partial charge in [-0.3, -0.25) is 4.68 Å². The molecule has 0 aliphatic heterocycles. The fourth-order valence-electron chi connectivity index (χ4n) is 2.07. The van der Waals surface area contributed by atoms with Crippen LogP contribution in [0.25, 0.3) is 10.1 Å². The maximum Gasteiger partial charge on any atom is 0.0923 e. The van der Waals surface area contributed by atoms with Crippen LogP contribution in [0.2, 0.25) is 0 Å². The Morgan fingerprint density at radius 1 is 1.39 bits per heavy atom. The number of aromatic nitrogens is 2. The molecule has 0 fully saturated rings. The highest BCUT2D eigenvalue weighted by Crippen LogP contribution is 2.31. The molecule has 1 aromatic carbocycles. The number of hydrogen-bond donors (Lipinski definition) is 1. The number of aliphatic hydroxyl groups is 1. The van der Waals surface area contributed by atoms with Crippen LogP contribution in [0.15, 0.2) is 42.7 Å². The molecule has 3 aromatic rings. The third-order valence-corrected chi connectivity index (χ3v) is 4.18. The van der Waals surface area contributed by atoms with Gasteiger partial charge in [-0.2, -0.15) is 5.10 Å². The van der Waals surface area contributed by atoms with E-state index < -0.39 is 6.10 Å². The monoisotopic (exact) mass is 258 g/mol. The van der Waals surface area contributed by atoms with Crippen molar-refractivity contribution in [1.82, 2.24) is 9.78 Å². The second kappa shape index (κ2) is 4.55. The molecule has 1 atom stereocenters. The van der Waals surface area contributed by atoms with E-state index in [0.717, 1.165) is 10.4 Å². The van der Waals surface area contributed by atoms with Crippen molar-refractivity contribution in [2.75, 3.05) is 0 Å². The van der Waals surface area contributed by atoms with Crippen LogP contribution in [-0.2, 0) is 13.5 Å². The van der Waals surface area contributed by atoms with Gasteiger partial charge in [-0.1, -0.05) is 18.2 Å². The van der Waals surface area contributed by atoms with Crippen molar-refractivity contribution in [1.29, 1.82) is 0 Å². The van der Waals surface area contributed by atoms with Crippen LogP contribution < -0.4 is 0 Å². The molecule has 3 nitrogen and oxygen atoms in total. The normalized spacial score (nSPS) is 13.0. The van der Waals surface area contributed by atoms with Crippen molar-refractivity contribution in [3.63, 3.8) is 0 Å². The lowest BCUT2D eigenvalue weighted by atomic mass is 10.1. The van der Waals surface area contributed by atoms with Crippen molar-refractivity contribution in [3.05, 3.63) is 53.2 Å². The molecule has 0 bridgehead atoms. The summed E-state index contributed by atoms with van der Waals surface area (Å²) in [7, 11) is 1.88. The summed E-state index contributed by atoms with van der Waals surface area (Å²) >= 11 is 1.65. The zero-order chi connectivity index (χ0) is 12.5. The molecule has 92 valence electrons. The van der Waals surface area contributed by atoms with Crippen molar-refractivity contribution in [3.8, 4) is 0 Å². The van der Waals surface area contributed by atoms with Gasteiger partial charge in [-0.15, -0.1) is 11.3 Å². The van der Waals surface area contributed by atoms with Gasteiger partial charge in [0.2, 0.25) is 0 Å². The molecule has 2 aromatic heterocycles. The first-order valence-corrected chi connectivity index (χ1v) is 6.68. The summed E-state index contributed by atoms with van der Waals surface area (Å²) in [5, 5.41) is 15.6. The summed E-state index contributed by atoms with van der Waals surface area (Å²) in [6.07, 6.45) is 3.90. The Kier molecular flexibility index (Phi) is 2.89. The van der Waals surface area contributed by atoms with Crippen LogP contribution in [0, 0.1) is 0 Å². The van der Waals surface area contributed by atoms with Crippen LogP contribution >= 0.6 is 11.3 Å². The van der Waals surface area contributed by atoms with E-state index in [9.17, 15) is 5.11 Å². The van der Waals surface area contributed by atoms with E-state index in [1.807, 2.05) is 25.4 Å². The van der Waals surface area contributed by atoms with E-state index in [1.54, 1.807) is 22.2 Å². The molecule has 0 amide bonds. The van der Waals surface area contributed by atoms with Crippen LogP contribution in [0.1, 0.15) is 16.5 Å². The molecular formula is C14H14N2OS. The fraction of sp³-hybridized carbons (Fsp3) is 0.214. The summed E-state index contributed by atoms with van der Waals surface area (Å²) in [6, 6.07) is 10.3. The molecule has 0 aliphatic carbocycles. The zero-order valence-electron chi connectivity index (χ0n) is 10.1. The Labute approximate surface area is 109 Å². The minimum atomic E-state index is -0.452. The molecular weight excluding hydrogens is 244 g/mol. The molecule has 4 heteroatoms. The largest absolute Gasteiger partial charge is 0.387 e. The predicted molar refractivity (Wildman–Crippen MR) is 73.7 cm³/mol. The van der Waals surface area contributed by atoms with Crippen LogP contribution in [-0.4, -0.2) is 14.9 Å². The topological polar surface area (TPSA) is 38.0 Å². The standard InChI is InChI=1S/C14H14N2OS/c1-16-9-10(8-15-16)6-12(17)14-7-11-4-2-3-5-13(11)18-14/h2-5,7-9,12,17H,6H2,1H3. The summed E-state index contributed by atoms with van der Waals surface area (Å²) in [4.78, 5) is 1.01. The molecule has 0 radical (unpaired) electrons. The Balaban J connectivity index is 1.85. The highest BCUT2D eigenvalue weighted by atomic mass is 32.1. The van der Waals surface area contributed by atoms with Gasteiger partial charge in [0.1, 0.15) is 0 Å². The van der Waals surface area contributed by atoms with E-state index >= 15 is 0 Å². The highest BCUT2D eigenvalue weighted by molar-refractivity contribution is 7.19. The Bertz CT molecular complexity index is 638. The number of rotatable bonds is 3. The molecule has 0 spiro atoms. The minimum absolute atomic E-state index is 0.452. The number of benzene rings is 1. The van der Waals surface area contributed by atoms with Gasteiger partial charge in [0.15, 0.2) is 0 Å². The van der Waals surface area contributed by atoms with Gasteiger partial charge >= 0.3 is 0 Å². The molecule has 1 unspecified atom stereocenters. The average molecular weight is 258 g/mol. The summed E-state index contributed by atoms with van der Waals surface area (Å²) in [5.41, 5.74) is 1.06. The number of nitrogens with zero attached hydrogens (tertiary/aromatic N) is 2. The van der Waals surface area contributed by atoms with Crippen molar-refractivity contribution in [2.45, 2.75) is 12.5 Å². The van der Waals surface area contributed by atoms with Crippen molar-refractivity contribution in [2.24, 2.45) is 7.05 Å². The van der Waals surface area contributed by atoms with E-state index in [4.69, 9.17) is 0 Å². The molecule has 0 saturated heterocycles. The lowest BCUT2D eigenvalue weighted by Gasteiger charge is -2.05. The SMILES string of the molecule is Cn1cc(CC(O)c2cc3ccccc3s2)cn1. The fourth-order valence-corrected chi connectivity index (χ4v) is 3.12. The Morgan fingerprint density at radius 2 is 2.22 bits per heavy atom. The van der Waals surface area contributed by atoms with Gasteiger partial charge in [0.25, 0.3) is 0 Å². The first kappa shape index (κ1) is 11.4. The number of thiophene rings is 1. The molecule has 2 heterocycles. The summed E-state index contributed by atoms with van der Waals surface area (Å²) < 4.78 is 2.98. The van der Waals surface area contributed by atoms with E-state index in [0.29, 0.717) is 6.42 Å². The Hall–Kier alpha value is -1.65. The number of aliphatic hydroxyl groups excluding tert-OH is 1. The number of aryl methyl sites for hydroxylation is 1. The lowest BCUT2D eigenvalue weighted by molar-refractivity contribution is 0.182. The summed E-state index contributed by atoms with van der Waals surface area (Å²) in [5.74, 6) is 0. The second-order valence-corrected chi connectivity index (χ2v) is 5.54. The van der Waals surface area contributed by atoms with E-state index in [2.05, 4.69) is 23.3 Å². The van der Waals surface area contributed by atoms with Crippen LogP contribution in [0.5, 0.6) is 0 Å². The predicted octanol–water partition coefficient (Wildman–Crippen LogP) is 2.91. The molecule has 18 heavy (non-hydrogen) atoms. The number of hydrogen-bond acceptors (Lipinski definition) is 3. The molecule has 0 aliphatic rings. The van der Waals surface area contributed by atoms with Gasteiger partial charge in [0.05, 0.1) is 12.3 Å². The van der Waals surface area contributed by atoms with E-state index in [1.165, 1.54) is 10.1 Å². The van der Waals surface area contributed by atoms with Crippen molar-refractivity contribution < 1.29 is 5.11 Å². The third-order valence-electron chi connectivity index (χ3n) is 2.96. The van der Waals surface area contributed by atoms with Gasteiger partial charge in [-0.05, 0) is 23.1 Å². The average Bonchev–Trinajstić information content (AvgIpc) is 2.95. The Morgan fingerprint density at radius 3 is 2.94 bits per heavy atom. The highest BCUT2D eigenvalue weighted by Gasteiger charge is 2.12. The second-order valence-electron chi connectivity index (χ2n) is 4.43. The maximum atomic E-state index is 10.3. The van der Waals surface area contributed by atoms with E-state index in [-0.39, 0.29) is 0 Å².